The average molecular weight is 223 g/mol. The number of carbonyl (C=O) groups excluding carboxylic acids is 1. The van der Waals surface area contributed by atoms with E-state index in [1.54, 1.807) is 12.1 Å². The van der Waals surface area contributed by atoms with Crippen molar-refractivity contribution in [2.45, 2.75) is 33.2 Å². The van der Waals surface area contributed by atoms with Crippen LogP contribution < -0.4 is 4.90 Å². The van der Waals surface area contributed by atoms with Crippen molar-refractivity contribution in [3.63, 3.8) is 0 Å². The fourth-order valence-electron chi connectivity index (χ4n) is 1.80. The van der Waals surface area contributed by atoms with Crippen LogP contribution in [0.5, 0.6) is 0 Å². The Labute approximate surface area is 96.1 Å². The normalized spacial score (nSPS) is 10.6. The van der Waals surface area contributed by atoms with Crippen molar-refractivity contribution in [3.8, 4) is 0 Å². The molecule has 1 aromatic rings. The summed E-state index contributed by atoms with van der Waals surface area (Å²) in [4.78, 5) is 12.8. The molecule has 0 bridgehead atoms. The minimum atomic E-state index is -0.327. The summed E-state index contributed by atoms with van der Waals surface area (Å²) in [7, 11) is 0. The van der Waals surface area contributed by atoms with E-state index >= 15 is 0 Å². The first kappa shape index (κ1) is 12.7. The predicted molar refractivity (Wildman–Crippen MR) is 64.6 cm³/mol. The fourth-order valence-corrected chi connectivity index (χ4v) is 1.80. The molecule has 0 aliphatic rings. The lowest BCUT2D eigenvalue weighted by Gasteiger charge is -2.30. The van der Waals surface area contributed by atoms with Crippen LogP contribution in [0.25, 0.3) is 0 Å². The second-order valence-electron chi connectivity index (χ2n) is 4.08. The molecule has 0 atom stereocenters. The zero-order valence-electron chi connectivity index (χ0n) is 10.0. The molecule has 0 unspecified atom stereocenters. The Bertz CT molecular complexity index is 363. The lowest BCUT2D eigenvalue weighted by Crippen LogP contribution is -2.33. The summed E-state index contributed by atoms with van der Waals surface area (Å²) in [5, 5.41) is 0. The fraction of sp³-hybridized carbons (Fsp3) is 0.462. The Morgan fingerprint density at radius 2 is 2.12 bits per heavy atom. The molecule has 0 fully saturated rings. The van der Waals surface area contributed by atoms with Crippen LogP contribution in [0.1, 0.15) is 37.6 Å². The van der Waals surface area contributed by atoms with Crippen LogP contribution in [0, 0.1) is 5.82 Å². The van der Waals surface area contributed by atoms with E-state index in [4.69, 9.17) is 0 Å². The van der Waals surface area contributed by atoms with Crippen molar-refractivity contribution in [1.82, 2.24) is 0 Å². The van der Waals surface area contributed by atoms with Crippen LogP contribution in [0.2, 0.25) is 0 Å². The number of benzene rings is 1. The topological polar surface area (TPSA) is 20.3 Å². The van der Waals surface area contributed by atoms with Crippen molar-refractivity contribution in [1.29, 1.82) is 0 Å². The van der Waals surface area contributed by atoms with Gasteiger partial charge in [-0.15, -0.1) is 0 Å². The van der Waals surface area contributed by atoms with Gasteiger partial charge in [-0.05, 0) is 32.4 Å². The number of aldehydes is 1. The Morgan fingerprint density at radius 1 is 1.44 bits per heavy atom. The van der Waals surface area contributed by atoms with E-state index in [9.17, 15) is 9.18 Å². The van der Waals surface area contributed by atoms with Crippen LogP contribution in [0.3, 0.4) is 0 Å². The third-order valence-corrected chi connectivity index (χ3v) is 2.52. The second kappa shape index (κ2) is 5.64. The lowest BCUT2D eigenvalue weighted by atomic mass is 10.1. The highest BCUT2D eigenvalue weighted by atomic mass is 19.1. The molecule has 88 valence electrons. The molecule has 0 aliphatic heterocycles. The lowest BCUT2D eigenvalue weighted by molar-refractivity contribution is 0.112. The maximum Gasteiger partial charge on any atom is 0.152 e. The summed E-state index contributed by atoms with van der Waals surface area (Å²) >= 11 is 0. The molecule has 0 aromatic heterocycles. The zero-order valence-corrected chi connectivity index (χ0v) is 10.0. The van der Waals surface area contributed by atoms with E-state index in [0.717, 1.165) is 13.0 Å². The van der Waals surface area contributed by atoms with E-state index in [0.29, 0.717) is 17.5 Å². The van der Waals surface area contributed by atoms with Crippen LogP contribution in [-0.4, -0.2) is 18.9 Å². The molecule has 2 nitrogen and oxygen atoms in total. The standard InChI is InChI=1S/C13H18FNO/c1-4-8-15(10(2)3)13-11(9-16)6-5-7-12(13)14/h5-7,9-10H,4,8H2,1-3H3. The van der Waals surface area contributed by atoms with Crippen LogP contribution in [0.4, 0.5) is 10.1 Å². The van der Waals surface area contributed by atoms with Gasteiger partial charge < -0.3 is 4.90 Å². The van der Waals surface area contributed by atoms with Gasteiger partial charge in [-0.3, -0.25) is 4.79 Å². The van der Waals surface area contributed by atoms with E-state index in [1.165, 1.54) is 6.07 Å². The quantitative estimate of drug-likeness (QED) is 0.714. The van der Waals surface area contributed by atoms with Gasteiger partial charge in [0.05, 0.1) is 5.69 Å². The molecule has 1 aromatic carbocycles. The summed E-state index contributed by atoms with van der Waals surface area (Å²) in [6, 6.07) is 4.78. The number of rotatable bonds is 5. The molecule has 1 rings (SSSR count). The Hall–Kier alpha value is -1.38. The highest BCUT2D eigenvalue weighted by Crippen LogP contribution is 2.25. The molecule has 0 saturated carbocycles. The van der Waals surface area contributed by atoms with Crippen molar-refractivity contribution in [3.05, 3.63) is 29.6 Å². The highest BCUT2D eigenvalue weighted by Gasteiger charge is 2.17. The van der Waals surface area contributed by atoms with E-state index < -0.39 is 0 Å². The van der Waals surface area contributed by atoms with Crippen molar-refractivity contribution in [2.75, 3.05) is 11.4 Å². The first-order valence-corrected chi connectivity index (χ1v) is 5.62. The highest BCUT2D eigenvalue weighted by molar-refractivity contribution is 5.84. The number of halogens is 1. The number of nitrogens with zero attached hydrogens (tertiary/aromatic N) is 1. The molecular weight excluding hydrogens is 205 g/mol. The summed E-state index contributed by atoms with van der Waals surface area (Å²) in [6.45, 7) is 6.78. The zero-order chi connectivity index (χ0) is 12.1. The minimum Gasteiger partial charge on any atom is -0.366 e. The summed E-state index contributed by atoms with van der Waals surface area (Å²) in [5.74, 6) is -0.327. The van der Waals surface area contributed by atoms with Gasteiger partial charge in [0, 0.05) is 18.2 Å². The van der Waals surface area contributed by atoms with Crippen molar-refractivity contribution < 1.29 is 9.18 Å². The van der Waals surface area contributed by atoms with Crippen LogP contribution in [0.15, 0.2) is 18.2 Å². The summed E-state index contributed by atoms with van der Waals surface area (Å²) in [5.41, 5.74) is 0.844. The van der Waals surface area contributed by atoms with Gasteiger partial charge in [0.25, 0.3) is 0 Å². The number of hydrogen-bond donors (Lipinski definition) is 0. The van der Waals surface area contributed by atoms with Crippen LogP contribution in [-0.2, 0) is 0 Å². The SMILES string of the molecule is CCCN(c1c(F)cccc1C=O)C(C)C. The van der Waals surface area contributed by atoms with Crippen molar-refractivity contribution in [2.24, 2.45) is 0 Å². The molecular formula is C13H18FNO. The third-order valence-electron chi connectivity index (χ3n) is 2.52. The first-order chi connectivity index (χ1) is 7.61. The molecule has 0 aliphatic carbocycles. The van der Waals surface area contributed by atoms with Gasteiger partial charge in [0.15, 0.2) is 6.29 Å². The minimum absolute atomic E-state index is 0.176. The van der Waals surface area contributed by atoms with Gasteiger partial charge in [0.2, 0.25) is 0 Å². The summed E-state index contributed by atoms with van der Waals surface area (Å²) < 4.78 is 13.8. The average Bonchev–Trinajstić information content (AvgIpc) is 2.26. The van der Waals surface area contributed by atoms with E-state index in [2.05, 4.69) is 0 Å². The number of para-hydroxylation sites is 1. The number of carbonyl (C=O) groups is 1. The molecule has 0 heterocycles. The second-order valence-corrected chi connectivity index (χ2v) is 4.08. The van der Waals surface area contributed by atoms with Gasteiger partial charge >= 0.3 is 0 Å². The van der Waals surface area contributed by atoms with Crippen LogP contribution >= 0.6 is 0 Å². The molecule has 0 saturated heterocycles. The van der Waals surface area contributed by atoms with Gasteiger partial charge in [-0.25, -0.2) is 4.39 Å². The third kappa shape index (κ3) is 2.60. The maximum absolute atomic E-state index is 13.8. The molecule has 3 heteroatoms. The van der Waals surface area contributed by atoms with Gasteiger partial charge in [-0.1, -0.05) is 13.0 Å². The maximum atomic E-state index is 13.8. The largest absolute Gasteiger partial charge is 0.366 e. The van der Waals surface area contributed by atoms with Gasteiger partial charge in [-0.2, -0.15) is 0 Å². The first-order valence-electron chi connectivity index (χ1n) is 5.62. The smallest absolute Gasteiger partial charge is 0.152 e. The monoisotopic (exact) mass is 223 g/mol. The Kier molecular flexibility index (Phi) is 4.47. The molecule has 0 amide bonds. The Morgan fingerprint density at radius 3 is 2.62 bits per heavy atom. The molecule has 0 radical (unpaired) electrons. The molecule has 16 heavy (non-hydrogen) atoms. The van der Waals surface area contributed by atoms with E-state index in [-0.39, 0.29) is 11.9 Å². The predicted octanol–water partition coefficient (Wildman–Crippen LogP) is 3.26. The van der Waals surface area contributed by atoms with Gasteiger partial charge in [0.1, 0.15) is 5.82 Å². The molecule has 0 spiro atoms. The summed E-state index contributed by atoms with van der Waals surface area (Å²) in [6.07, 6.45) is 1.63. The van der Waals surface area contributed by atoms with E-state index in [1.807, 2.05) is 25.7 Å². The van der Waals surface area contributed by atoms with Crippen molar-refractivity contribution >= 4 is 12.0 Å². The number of hydrogen-bond acceptors (Lipinski definition) is 2. The Balaban J connectivity index is 3.21. The molecule has 0 N–H and O–H groups in total. The number of anilines is 1.